The molecule has 0 saturated carbocycles. The number of carbonyl (C=O) groups is 4. The van der Waals surface area contributed by atoms with E-state index in [1.54, 1.807) is 0 Å². The summed E-state index contributed by atoms with van der Waals surface area (Å²) in [6.07, 6.45) is 55.8. The molecule has 0 aromatic carbocycles. The lowest BCUT2D eigenvalue weighted by Crippen LogP contribution is -2.30. The molecule has 0 amide bonds. The summed E-state index contributed by atoms with van der Waals surface area (Å²) in [7, 11) is -9.92. The van der Waals surface area contributed by atoms with E-state index in [1.165, 1.54) is 205 Å². The van der Waals surface area contributed by atoms with Crippen LogP contribution in [0.1, 0.15) is 409 Å². The van der Waals surface area contributed by atoms with Gasteiger partial charge in [0.15, 0.2) is 12.2 Å². The minimum absolute atomic E-state index is 0.102. The molecule has 19 heteroatoms. The average Bonchev–Trinajstić information content (AvgIpc) is 0.985. The van der Waals surface area contributed by atoms with Crippen molar-refractivity contribution in [2.45, 2.75) is 427 Å². The SMILES string of the molecule is CCC(C)CCCCCCCCCCCCCCCCCCCCC(=O)OC[C@H](COP(=O)(O)OC[C@@H](O)COP(=O)(O)OC[C@@H](COC(=O)CCCCCCCCC(C)C)OC(=O)CCCCCCCCC(C)CC)OC(=O)CCCCCCCCCCCCCCCCC(C)CC. The fourth-order valence-corrected chi connectivity index (χ4v) is 13.7. The largest absolute Gasteiger partial charge is 0.472 e. The lowest BCUT2D eigenvalue weighted by Gasteiger charge is -2.21. The van der Waals surface area contributed by atoms with Crippen LogP contribution in [0, 0.1) is 23.7 Å². The highest BCUT2D eigenvalue weighted by molar-refractivity contribution is 7.47. The number of aliphatic hydroxyl groups is 1. The van der Waals surface area contributed by atoms with Crippen LogP contribution in [-0.2, 0) is 65.4 Å². The molecule has 0 aliphatic heterocycles. The molecule has 0 aliphatic rings. The Bertz CT molecular complexity index is 1940. The first-order valence-corrected chi connectivity index (χ1v) is 44.3. The lowest BCUT2D eigenvalue weighted by atomic mass is 9.99. The molecule has 0 aromatic rings. The number of hydrogen-bond acceptors (Lipinski definition) is 15. The van der Waals surface area contributed by atoms with Gasteiger partial charge >= 0.3 is 39.5 Å². The van der Waals surface area contributed by atoms with Gasteiger partial charge in [0, 0.05) is 25.7 Å². The van der Waals surface area contributed by atoms with Crippen molar-refractivity contribution in [3.05, 3.63) is 0 Å². The van der Waals surface area contributed by atoms with Gasteiger partial charge in [-0.15, -0.1) is 0 Å². The number of rotatable bonds is 77. The Kier molecular flexibility index (Phi) is 67.8. The van der Waals surface area contributed by atoms with Gasteiger partial charge in [-0.3, -0.25) is 37.3 Å². The quantitative estimate of drug-likeness (QED) is 0.0222. The van der Waals surface area contributed by atoms with E-state index in [2.05, 4.69) is 55.4 Å². The van der Waals surface area contributed by atoms with E-state index >= 15 is 0 Å². The van der Waals surface area contributed by atoms with Crippen LogP contribution in [0.15, 0.2) is 0 Å². The van der Waals surface area contributed by atoms with Crippen molar-refractivity contribution < 1.29 is 80.2 Å². The van der Waals surface area contributed by atoms with Gasteiger partial charge in [0.2, 0.25) is 0 Å². The zero-order valence-corrected chi connectivity index (χ0v) is 66.9. The number of phosphoric ester groups is 2. The molecule has 0 bridgehead atoms. The van der Waals surface area contributed by atoms with Crippen molar-refractivity contribution in [1.29, 1.82) is 0 Å². The molecule has 0 spiro atoms. The molecule has 0 aliphatic carbocycles. The summed E-state index contributed by atoms with van der Waals surface area (Å²) >= 11 is 0. The van der Waals surface area contributed by atoms with Crippen molar-refractivity contribution in [1.82, 2.24) is 0 Å². The highest BCUT2D eigenvalue weighted by Gasteiger charge is 2.30. The Morgan fingerprint density at radius 1 is 0.283 bits per heavy atom. The Hall–Kier alpha value is -1.94. The molecule has 0 heterocycles. The normalized spacial score (nSPS) is 14.9. The number of aliphatic hydroxyl groups excluding tert-OH is 1. The second kappa shape index (κ2) is 69.1. The molecule has 0 fully saturated rings. The summed E-state index contributed by atoms with van der Waals surface area (Å²) in [4.78, 5) is 72.8. The fraction of sp³-hybridized carbons (Fsp3) is 0.950. The molecular weight excluding hydrogens is 1290 g/mol. The molecule has 5 unspecified atom stereocenters. The maximum absolute atomic E-state index is 13.1. The molecule has 8 atom stereocenters. The van der Waals surface area contributed by atoms with Gasteiger partial charge in [-0.05, 0) is 49.4 Å². The summed E-state index contributed by atoms with van der Waals surface area (Å²) in [5, 5.41) is 10.6. The van der Waals surface area contributed by atoms with E-state index in [0.717, 1.165) is 114 Å². The maximum atomic E-state index is 13.1. The molecule has 0 saturated heterocycles. The van der Waals surface area contributed by atoms with Crippen LogP contribution in [0.3, 0.4) is 0 Å². The number of esters is 4. The van der Waals surface area contributed by atoms with E-state index < -0.39 is 97.5 Å². The van der Waals surface area contributed by atoms with Crippen molar-refractivity contribution in [3.8, 4) is 0 Å². The van der Waals surface area contributed by atoms with Gasteiger partial charge in [0.1, 0.15) is 19.3 Å². The molecule has 0 radical (unpaired) electrons. The summed E-state index contributed by atoms with van der Waals surface area (Å²) in [5.41, 5.74) is 0. The standard InChI is InChI=1S/C80H156O17P2/c1-9-71(6)57-49-41-32-28-24-20-16-14-12-13-15-17-22-26-30-34-44-52-60-77(82)90-66-75(96-79(84)62-54-46-35-31-27-23-19-18-21-25-29-33-42-50-58-72(7)10-2)68-94-98(86,87)92-64-74(81)65-93-99(88,89)95-69-76(67-91-78(83)61-53-45-38-36-40-48-56-70(4)5)97-80(85)63-55-47-39-37-43-51-59-73(8)11-3/h70-76,81H,9-69H2,1-8H3,(H,86,87)(H,88,89)/t71?,72?,73?,74-,75-,76-/m1/s1. The summed E-state index contributed by atoms with van der Waals surface area (Å²) in [6, 6.07) is 0. The Morgan fingerprint density at radius 3 is 0.717 bits per heavy atom. The van der Waals surface area contributed by atoms with Gasteiger partial charge in [0.05, 0.1) is 26.4 Å². The first-order valence-electron chi connectivity index (χ1n) is 41.3. The van der Waals surface area contributed by atoms with Gasteiger partial charge in [-0.2, -0.15) is 0 Å². The van der Waals surface area contributed by atoms with Crippen LogP contribution in [0.5, 0.6) is 0 Å². The Labute approximate surface area is 607 Å². The van der Waals surface area contributed by atoms with E-state index in [0.29, 0.717) is 31.6 Å². The minimum atomic E-state index is -4.96. The van der Waals surface area contributed by atoms with E-state index in [9.17, 15) is 43.2 Å². The summed E-state index contributed by atoms with van der Waals surface area (Å²) in [6.45, 7) is 14.2. The smallest absolute Gasteiger partial charge is 0.462 e. The third-order valence-corrected chi connectivity index (χ3v) is 21.6. The number of phosphoric acid groups is 2. The predicted octanol–water partition coefficient (Wildman–Crippen LogP) is 23.6. The zero-order chi connectivity index (χ0) is 73.1. The molecule has 588 valence electrons. The van der Waals surface area contributed by atoms with Crippen LogP contribution in [0.25, 0.3) is 0 Å². The molecule has 0 aromatic heterocycles. The zero-order valence-electron chi connectivity index (χ0n) is 65.1. The summed E-state index contributed by atoms with van der Waals surface area (Å²) in [5.74, 6) is 0.997. The van der Waals surface area contributed by atoms with Crippen LogP contribution >= 0.6 is 15.6 Å². The van der Waals surface area contributed by atoms with Crippen molar-refractivity contribution in [2.75, 3.05) is 39.6 Å². The monoisotopic (exact) mass is 1450 g/mol. The molecule has 99 heavy (non-hydrogen) atoms. The predicted molar refractivity (Wildman–Crippen MR) is 404 cm³/mol. The number of hydrogen-bond donors (Lipinski definition) is 3. The first kappa shape index (κ1) is 97.1. The highest BCUT2D eigenvalue weighted by atomic mass is 31.2. The van der Waals surface area contributed by atoms with E-state index in [4.69, 9.17) is 37.0 Å². The minimum Gasteiger partial charge on any atom is -0.462 e. The van der Waals surface area contributed by atoms with E-state index in [1.807, 2.05) is 0 Å². The van der Waals surface area contributed by atoms with Crippen LogP contribution in [-0.4, -0.2) is 96.7 Å². The lowest BCUT2D eigenvalue weighted by molar-refractivity contribution is -0.161. The highest BCUT2D eigenvalue weighted by Crippen LogP contribution is 2.45. The number of carbonyl (C=O) groups excluding carboxylic acids is 4. The second-order valence-electron chi connectivity index (χ2n) is 30.0. The summed E-state index contributed by atoms with van der Waals surface area (Å²) < 4.78 is 68.6. The van der Waals surface area contributed by atoms with Crippen LogP contribution in [0.2, 0.25) is 0 Å². The number of ether oxygens (including phenoxy) is 4. The van der Waals surface area contributed by atoms with Gasteiger partial charge < -0.3 is 33.8 Å². The van der Waals surface area contributed by atoms with Gasteiger partial charge in [-0.25, -0.2) is 9.13 Å². The third kappa shape index (κ3) is 70.2. The van der Waals surface area contributed by atoms with Crippen molar-refractivity contribution >= 4 is 39.5 Å². The Balaban J connectivity index is 5.18. The second-order valence-corrected chi connectivity index (χ2v) is 32.9. The molecule has 3 N–H and O–H groups in total. The van der Waals surface area contributed by atoms with E-state index in [-0.39, 0.29) is 25.7 Å². The van der Waals surface area contributed by atoms with Gasteiger partial charge in [-0.1, -0.05) is 357 Å². The van der Waals surface area contributed by atoms with Crippen LogP contribution < -0.4 is 0 Å². The van der Waals surface area contributed by atoms with Gasteiger partial charge in [0.25, 0.3) is 0 Å². The maximum Gasteiger partial charge on any atom is 0.472 e. The Morgan fingerprint density at radius 2 is 0.485 bits per heavy atom. The van der Waals surface area contributed by atoms with Crippen molar-refractivity contribution in [3.63, 3.8) is 0 Å². The third-order valence-electron chi connectivity index (χ3n) is 19.7. The average molecular weight is 1450 g/mol. The molecular formula is C80H156O17P2. The number of unbranched alkanes of at least 4 members (excludes halogenated alkanes) is 40. The van der Waals surface area contributed by atoms with Crippen LogP contribution in [0.4, 0.5) is 0 Å². The fourth-order valence-electron chi connectivity index (χ4n) is 12.2. The molecule has 0 rings (SSSR count). The van der Waals surface area contributed by atoms with Crippen molar-refractivity contribution in [2.24, 2.45) is 23.7 Å². The topological polar surface area (TPSA) is 237 Å². The molecule has 17 nitrogen and oxygen atoms in total. The first-order chi connectivity index (χ1) is 47.7.